The predicted molar refractivity (Wildman–Crippen MR) is 111 cm³/mol. The molecule has 2 heterocycles. The number of ether oxygens (including phenoxy) is 2. The topological polar surface area (TPSA) is 123 Å². The molecule has 0 bridgehead atoms. The van der Waals surface area contributed by atoms with E-state index in [2.05, 4.69) is 15.5 Å². The molecule has 2 aliphatic heterocycles. The Hall–Kier alpha value is -2.72. The lowest BCUT2D eigenvalue weighted by molar-refractivity contribution is -0.121. The number of carbonyl (C=O) groups excluding carboxylic acids is 3. The van der Waals surface area contributed by atoms with Crippen molar-refractivity contribution in [1.29, 1.82) is 0 Å². The Labute approximate surface area is 173 Å². The predicted octanol–water partition coefficient (Wildman–Crippen LogP) is 1.07. The van der Waals surface area contributed by atoms with Crippen LogP contribution in [0.25, 0.3) is 6.08 Å². The van der Waals surface area contributed by atoms with Gasteiger partial charge in [0.05, 0.1) is 19.1 Å². The summed E-state index contributed by atoms with van der Waals surface area (Å²) in [6, 6.07) is 3.63. The molecule has 10 heteroatoms. The van der Waals surface area contributed by atoms with Crippen LogP contribution < -0.4 is 30.7 Å². The number of amides is 3. The number of methoxy groups -OCH3 is 2. The molecule has 3 rings (SSSR count). The van der Waals surface area contributed by atoms with Crippen LogP contribution in [0, 0.1) is 0 Å². The minimum absolute atomic E-state index is 0.00776. The third-order valence-corrected chi connectivity index (χ3v) is 5.54. The molecule has 4 N–H and O–H groups in total. The highest BCUT2D eigenvalue weighted by Crippen LogP contribution is 2.39. The monoisotopic (exact) mass is 420 g/mol. The van der Waals surface area contributed by atoms with E-state index in [4.69, 9.17) is 15.2 Å². The molecule has 0 radical (unpaired) electrons. The molecular weight excluding hydrogens is 396 g/mol. The summed E-state index contributed by atoms with van der Waals surface area (Å²) >= 11 is 0.860. The normalized spacial score (nSPS) is 20.2. The maximum Gasteiger partial charge on any atom is 0.290 e. The highest BCUT2D eigenvalue weighted by atomic mass is 32.2. The molecular formula is C19H24N4O5S. The first kappa shape index (κ1) is 21.0. The molecule has 29 heavy (non-hydrogen) atoms. The zero-order chi connectivity index (χ0) is 21.0. The molecule has 2 saturated heterocycles. The number of nitrogens with one attached hydrogen (secondary N) is 2. The van der Waals surface area contributed by atoms with Crippen molar-refractivity contribution in [3.63, 3.8) is 0 Å². The van der Waals surface area contributed by atoms with Crippen LogP contribution in [-0.4, -0.2) is 56.9 Å². The van der Waals surface area contributed by atoms with Crippen molar-refractivity contribution >= 4 is 40.6 Å². The Balaban J connectivity index is 1.91. The number of benzene rings is 1. The van der Waals surface area contributed by atoms with Crippen molar-refractivity contribution in [3.05, 3.63) is 22.6 Å². The highest BCUT2D eigenvalue weighted by Gasteiger charge is 2.29. The summed E-state index contributed by atoms with van der Waals surface area (Å²) < 4.78 is 10.8. The fourth-order valence-electron chi connectivity index (χ4n) is 3.36. The summed E-state index contributed by atoms with van der Waals surface area (Å²) in [5.41, 5.74) is 7.00. The second-order valence-electron chi connectivity index (χ2n) is 6.66. The third-order valence-electron chi connectivity index (χ3n) is 4.73. The Kier molecular flexibility index (Phi) is 6.65. The Morgan fingerprint density at radius 3 is 2.69 bits per heavy atom. The number of hydrogen-bond acceptors (Lipinski definition) is 8. The summed E-state index contributed by atoms with van der Waals surface area (Å²) in [6.07, 6.45) is 2.75. The standard InChI is InChI=1S/C19H24N4O5S/c1-27-14-7-11(8-16-18(25)22-19(26)29-16)13(9-15(14)28-2)23-6-4-12(10-23)21-17(24)3-5-20/h7-9,12H,3-6,10,20H2,1-2H3,(H,21,24)(H,22,25,26)/t12-/m0/s1. The van der Waals surface area contributed by atoms with Crippen LogP contribution in [0.15, 0.2) is 17.0 Å². The molecule has 1 atom stereocenters. The van der Waals surface area contributed by atoms with E-state index in [0.29, 0.717) is 35.9 Å². The van der Waals surface area contributed by atoms with Crippen molar-refractivity contribution in [1.82, 2.24) is 10.6 Å². The van der Waals surface area contributed by atoms with E-state index in [-0.39, 0.29) is 11.9 Å². The lowest BCUT2D eigenvalue weighted by Crippen LogP contribution is -2.37. The van der Waals surface area contributed by atoms with E-state index in [0.717, 1.165) is 36.0 Å². The van der Waals surface area contributed by atoms with Crippen LogP contribution >= 0.6 is 11.8 Å². The number of nitrogens with zero attached hydrogens (tertiary/aromatic N) is 1. The number of anilines is 1. The Morgan fingerprint density at radius 2 is 2.07 bits per heavy atom. The first-order valence-electron chi connectivity index (χ1n) is 9.20. The van der Waals surface area contributed by atoms with Crippen molar-refractivity contribution in [2.75, 3.05) is 38.8 Å². The van der Waals surface area contributed by atoms with E-state index in [9.17, 15) is 14.4 Å². The number of hydrogen-bond donors (Lipinski definition) is 3. The van der Waals surface area contributed by atoms with Crippen molar-refractivity contribution in [2.24, 2.45) is 5.73 Å². The molecule has 0 unspecified atom stereocenters. The van der Waals surface area contributed by atoms with Gasteiger partial charge in [0.2, 0.25) is 5.91 Å². The minimum Gasteiger partial charge on any atom is -0.493 e. The van der Waals surface area contributed by atoms with E-state index in [1.54, 1.807) is 19.3 Å². The van der Waals surface area contributed by atoms with Gasteiger partial charge in [0.15, 0.2) is 11.5 Å². The molecule has 0 aromatic heterocycles. The fraction of sp³-hybridized carbons (Fsp3) is 0.421. The van der Waals surface area contributed by atoms with Gasteiger partial charge in [0, 0.05) is 49.4 Å². The molecule has 9 nitrogen and oxygen atoms in total. The van der Waals surface area contributed by atoms with Crippen LogP contribution in [-0.2, 0) is 9.59 Å². The van der Waals surface area contributed by atoms with E-state index >= 15 is 0 Å². The lowest BCUT2D eigenvalue weighted by Gasteiger charge is -2.23. The van der Waals surface area contributed by atoms with E-state index in [1.165, 1.54) is 7.11 Å². The molecule has 0 saturated carbocycles. The molecule has 156 valence electrons. The average Bonchev–Trinajstić information content (AvgIpc) is 3.27. The van der Waals surface area contributed by atoms with Gasteiger partial charge in [0.25, 0.3) is 11.1 Å². The lowest BCUT2D eigenvalue weighted by atomic mass is 10.1. The molecule has 2 fully saturated rings. The van der Waals surface area contributed by atoms with Crippen LogP contribution in [0.3, 0.4) is 0 Å². The van der Waals surface area contributed by atoms with Crippen molar-refractivity contribution in [2.45, 2.75) is 18.9 Å². The van der Waals surface area contributed by atoms with Gasteiger partial charge in [-0.15, -0.1) is 0 Å². The molecule has 0 spiro atoms. The zero-order valence-electron chi connectivity index (χ0n) is 16.3. The molecule has 3 amide bonds. The Morgan fingerprint density at radius 1 is 1.34 bits per heavy atom. The van der Waals surface area contributed by atoms with Crippen molar-refractivity contribution < 1.29 is 23.9 Å². The zero-order valence-corrected chi connectivity index (χ0v) is 17.1. The smallest absolute Gasteiger partial charge is 0.290 e. The molecule has 2 aliphatic rings. The summed E-state index contributed by atoms with van der Waals surface area (Å²) in [6.45, 7) is 1.64. The SMILES string of the molecule is COc1cc(C=C2SC(=O)NC2=O)c(N2CC[C@H](NC(=O)CCN)C2)cc1OC. The summed E-state index contributed by atoms with van der Waals surface area (Å²) in [7, 11) is 3.09. The second-order valence-corrected chi connectivity index (χ2v) is 7.67. The first-order chi connectivity index (χ1) is 13.9. The van der Waals surface area contributed by atoms with Gasteiger partial charge in [0.1, 0.15) is 0 Å². The molecule has 1 aromatic rings. The van der Waals surface area contributed by atoms with Gasteiger partial charge >= 0.3 is 0 Å². The molecule has 0 aliphatic carbocycles. The number of nitrogens with two attached hydrogens (primary N) is 1. The average molecular weight is 420 g/mol. The van der Waals surface area contributed by atoms with Crippen LogP contribution in [0.2, 0.25) is 0 Å². The summed E-state index contributed by atoms with van der Waals surface area (Å²) in [5.74, 6) is 0.588. The number of imide groups is 1. The maximum absolute atomic E-state index is 12.0. The summed E-state index contributed by atoms with van der Waals surface area (Å²) in [5, 5.41) is 4.85. The van der Waals surface area contributed by atoms with E-state index in [1.807, 2.05) is 6.07 Å². The third kappa shape index (κ3) is 4.83. The number of rotatable bonds is 7. The number of carbonyl (C=O) groups is 3. The van der Waals surface area contributed by atoms with Gasteiger partial charge in [-0.3, -0.25) is 19.7 Å². The Bertz CT molecular complexity index is 857. The first-order valence-corrected chi connectivity index (χ1v) is 10.0. The second kappa shape index (κ2) is 9.19. The van der Waals surface area contributed by atoms with Crippen molar-refractivity contribution in [3.8, 4) is 11.5 Å². The van der Waals surface area contributed by atoms with Crippen LogP contribution in [0.5, 0.6) is 11.5 Å². The van der Waals surface area contributed by atoms with Gasteiger partial charge in [-0.1, -0.05) is 0 Å². The fourth-order valence-corrected chi connectivity index (χ4v) is 4.04. The maximum atomic E-state index is 12.0. The number of thioether (sulfide) groups is 1. The van der Waals surface area contributed by atoms with Gasteiger partial charge in [-0.2, -0.15) is 0 Å². The quantitative estimate of drug-likeness (QED) is 0.560. The van der Waals surface area contributed by atoms with Gasteiger partial charge in [-0.05, 0) is 30.3 Å². The molecule has 1 aromatic carbocycles. The van der Waals surface area contributed by atoms with Gasteiger partial charge < -0.3 is 25.4 Å². The van der Waals surface area contributed by atoms with Crippen LogP contribution in [0.4, 0.5) is 10.5 Å². The van der Waals surface area contributed by atoms with Gasteiger partial charge in [-0.25, -0.2) is 0 Å². The summed E-state index contributed by atoms with van der Waals surface area (Å²) in [4.78, 5) is 37.8. The highest BCUT2D eigenvalue weighted by molar-refractivity contribution is 8.18. The van der Waals surface area contributed by atoms with Crippen LogP contribution in [0.1, 0.15) is 18.4 Å². The largest absolute Gasteiger partial charge is 0.493 e. The van der Waals surface area contributed by atoms with E-state index < -0.39 is 11.1 Å². The minimum atomic E-state index is -0.422.